The summed E-state index contributed by atoms with van der Waals surface area (Å²) in [4.78, 5) is 25.4. The highest BCUT2D eigenvalue weighted by Crippen LogP contribution is 2.11. The molecular formula is C22H25N2O5+. The van der Waals surface area contributed by atoms with Crippen LogP contribution < -0.4 is 10.2 Å². The van der Waals surface area contributed by atoms with Crippen LogP contribution in [0.15, 0.2) is 69.9 Å². The van der Waals surface area contributed by atoms with E-state index in [-0.39, 0.29) is 24.5 Å². The lowest BCUT2D eigenvalue weighted by Crippen LogP contribution is -3.10. The van der Waals surface area contributed by atoms with E-state index in [1.807, 2.05) is 24.3 Å². The van der Waals surface area contributed by atoms with Crippen LogP contribution in [0.2, 0.25) is 0 Å². The van der Waals surface area contributed by atoms with E-state index in [9.17, 15) is 9.59 Å². The first-order chi connectivity index (χ1) is 14.0. The van der Waals surface area contributed by atoms with Crippen LogP contribution in [0.25, 0.3) is 0 Å². The van der Waals surface area contributed by atoms with Crippen molar-refractivity contribution in [1.29, 1.82) is 0 Å². The molecule has 0 saturated heterocycles. The fourth-order valence-electron chi connectivity index (χ4n) is 2.91. The molecule has 29 heavy (non-hydrogen) atoms. The molecule has 0 unspecified atom stereocenters. The van der Waals surface area contributed by atoms with Crippen LogP contribution in [0.3, 0.4) is 0 Å². The number of carbonyl (C=O) groups is 2. The monoisotopic (exact) mass is 397 g/mol. The molecule has 7 heteroatoms. The minimum absolute atomic E-state index is 0.143. The summed E-state index contributed by atoms with van der Waals surface area (Å²) in [7, 11) is 0. The maximum absolute atomic E-state index is 12.6. The van der Waals surface area contributed by atoms with Crippen LogP contribution >= 0.6 is 0 Å². The Bertz CT molecular complexity index is 863. The van der Waals surface area contributed by atoms with Crippen LogP contribution in [0, 0.1) is 0 Å². The molecule has 2 N–H and O–H groups in total. The molecule has 0 spiro atoms. The third-order valence-electron chi connectivity index (χ3n) is 4.17. The molecule has 2 heterocycles. The number of hydrogen-bond acceptors (Lipinski definition) is 5. The second kappa shape index (κ2) is 9.75. The summed E-state index contributed by atoms with van der Waals surface area (Å²) < 4.78 is 16.0. The molecule has 3 rings (SSSR count). The van der Waals surface area contributed by atoms with Gasteiger partial charge in [-0.1, -0.05) is 0 Å². The second-order valence-corrected chi connectivity index (χ2v) is 7.02. The Morgan fingerprint density at radius 2 is 1.55 bits per heavy atom. The second-order valence-electron chi connectivity index (χ2n) is 7.02. The highest BCUT2D eigenvalue weighted by Gasteiger charge is 2.18. The molecule has 0 fully saturated rings. The first-order valence-corrected chi connectivity index (χ1v) is 9.49. The summed E-state index contributed by atoms with van der Waals surface area (Å²) >= 11 is 0. The van der Waals surface area contributed by atoms with Crippen LogP contribution in [0.4, 0.5) is 5.69 Å². The van der Waals surface area contributed by atoms with Gasteiger partial charge in [0.15, 0.2) is 18.1 Å². The van der Waals surface area contributed by atoms with Gasteiger partial charge in [-0.2, -0.15) is 0 Å². The molecular weight excluding hydrogens is 372 g/mol. The fourth-order valence-corrected chi connectivity index (χ4v) is 2.91. The number of amides is 1. The van der Waals surface area contributed by atoms with Gasteiger partial charge in [0.2, 0.25) is 0 Å². The average molecular weight is 397 g/mol. The van der Waals surface area contributed by atoms with Gasteiger partial charge < -0.3 is 23.8 Å². The SMILES string of the molecule is CC(C)OC(=O)c1ccc(NC(=O)C[NH+](Cc2ccco2)Cc2ccco2)cc1. The number of furan rings is 2. The number of ether oxygens (including phenoxy) is 1. The number of benzene rings is 1. The fraction of sp³-hybridized carbons (Fsp3) is 0.273. The number of anilines is 1. The average Bonchev–Trinajstić information content (AvgIpc) is 3.36. The zero-order chi connectivity index (χ0) is 20.6. The number of hydrogen-bond donors (Lipinski definition) is 2. The van der Waals surface area contributed by atoms with E-state index in [1.54, 1.807) is 50.6 Å². The zero-order valence-corrected chi connectivity index (χ0v) is 16.5. The molecule has 0 saturated carbocycles. The van der Waals surface area contributed by atoms with Gasteiger partial charge in [-0.05, 0) is 62.4 Å². The Morgan fingerprint density at radius 1 is 0.966 bits per heavy atom. The first-order valence-electron chi connectivity index (χ1n) is 9.49. The highest BCUT2D eigenvalue weighted by molar-refractivity contribution is 5.93. The maximum atomic E-state index is 12.6. The van der Waals surface area contributed by atoms with E-state index in [4.69, 9.17) is 13.6 Å². The predicted molar refractivity (Wildman–Crippen MR) is 106 cm³/mol. The summed E-state index contributed by atoms with van der Waals surface area (Å²) in [6.45, 7) is 4.94. The third kappa shape index (κ3) is 6.36. The van der Waals surface area contributed by atoms with Crippen molar-refractivity contribution in [2.75, 3.05) is 11.9 Å². The van der Waals surface area contributed by atoms with Gasteiger partial charge in [0.1, 0.15) is 13.1 Å². The van der Waals surface area contributed by atoms with E-state index in [1.165, 1.54) is 0 Å². The van der Waals surface area contributed by atoms with Crippen LogP contribution in [-0.2, 0) is 22.6 Å². The van der Waals surface area contributed by atoms with Gasteiger partial charge in [0, 0.05) is 5.69 Å². The van der Waals surface area contributed by atoms with Crippen molar-refractivity contribution in [3.63, 3.8) is 0 Å². The van der Waals surface area contributed by atoms with Crippen molar-refractivity contribution in [3.8, 4) is 0 Å². The highest BCUT2D eigenvalue weighted by atomic mass is 16.5. The molecule has 0 aliphatic heterocycles. The summed E-state index contributed by atoms with van der Waals surface area (Å²) in [5, 5.41) is 2.87. The van der Waals surface area contributed by atoms with E-state index in [0.717, 1.165) is 16.4 Å². The molecule has 2 aromatic heterocycles. The summed E-state index contributed by atoms with van der Waals surface area (Å²) in [6.07, 6.45) is 3.05. The molecule has 1 amide bonds. The Balaban J connectivity index is 1.59. The van der Waals surface area contributed by atoms with Gasteiger partial charge >= 0.3 is 5.97 Å². The Morgan fingerprint density at radius 3 is 2.03 bits per heavy atom. The summed E-state index contributed by atoms with van der Waals surface area (Å²) in [5.74, 6) is 1.07. The van der Waals surface area contributed by atoms with Gasteiger partial charge in [-0.25, -0.2) is 4.79 Å². The van der Waals surface area contributed by atoms with E-state index in [0.29, 0.717) is 24.3 Å². The van der Waals surface area contributed by atoms with Crippen LogP contribution in [-0.4, -0.2) is 24.5 Å². The molecule has 1 aromatic carbocycles. The summed E-state index contributed by atoms with van der Waals surface area (Å²) in [6, 6.07) is 14.1. The topological polar surface area (TPSA) is 86.1 Å². The number of quaternary nitrogens is 1. The van der Waals surface area contributed by atoms with Crippen molar-refractivity contribution < 1.29 is 28.1 Å². The molecule has 0 aliphatic rings. The van der Waals surface area contributed by atoms with E-state index < -0.39 is 0 Å². The molecule has 7 nitrogen and oxygen atoms in total. The van der Waals surface area contributed by atoms with Gasteiger partial charge in [-0.3, -0.25) is 4.79 Å². The number of nitrogens with one attached hydrogen (secondary N) is 2. The van der Waals surface area contributed by atoms with Crippen LogP contribution in [0.5, 0.6) is 0 Å². The minimum atomic E-state index is -0.384. The Kier molecular flexibility index (Phi) is 6.86. The number of esters is 1. The standard InChI is InChI=1S/C22H24N2O5/c1-16(2)29-22(26)17-7-9-18(10-8-17)23-21(25)15-24(13-19-5-3-11-27-19)14-20-6-4-12-28-20/h3-12,16H,13-15H2,1-2H3,(H,23,25)/p+1. The largest absolute Gasteiger partial charge is 0.463 e. The number of rotatable bonds is 9. The van der Waals surface area contributed by atoms with E-state index >= 15 is 0 Å². The maximum Gasteiger partial charge on any atom is 0.338 e. The lowest BCUT2D eigenvalue weighted by atomic mass is 10.2. The summed E-state index contributed by atoms with van der Waals surface area (Å²) in [5.41, 5.74) is 1.06. The lowest BCUT2D eigenvalue weighted by Gasteiger charge is -2.17. The van der Waals surface area contributed by atoms with Crippen molar-refractivity contribution in [1.82, 2.24) is 0 Å². The smallest absolute Gasteiger partial charge is 0.338 e. The first kappa shape index (κ1) is 20.4. The quantitative estimate of drug-likeness (QED) is 0.542. The minimum Gasteiger partial charge on any atom is -0.463 e. The van der Waals surface area contributed by atoms with Gasteiger partial charge in [0.05, 0.1) is 24.2 Å². The zero-order valence-electron chi connectivity index (χ0n) is 16.5. The molecule has 0 bridgehead atoms. The molecule has 3 aromatic rings. The van der Waals surface area contributed by atoms with Crippen molar-refractivity contribution in [2.45, 2.75) is 33.0 Å². The molecule has 0 atom stereocenters. The number of carbonyl (C=O) groups excluding carboxylic acids is 2. The van der Waals surface area contributed by atoms with Gasteiger partial charge in [0.25, 0.3) is 5.91 Å². The third-order valence-corrected chi connectivity index (χ3v) is 4.17. The van der Waals surface area contributed by atoms with Gasteiger partial charge in [-0.15, -0.1) is 0 Å². The molecule has 0 aliphatic carbocycles. The van der Waals surface area contributed by atoms with Crippen molar-refractivity contribution in [2.24, 2.45) is 0 Å². The van der Waals surface area contributed by atoms with E-state index in [2.05, 4.69) is 5.32 Å². The normalized spacial score (nSPS) is 11.0. The van der Waals surface area contributed by atoms with Crippen molar-refractivity contribution in [3.05, 3.63) is 78.1 Å². The predicted octanol–water partition coefficient (Wildman–Crippen LogP) is 2.66. The van der Waals surface area contributed by atoms with Crippen molar-refractivity contribution >= 4 is 17.6 Å². The lowest BCUT2D eigenvalue weighted by molar-refractivity contribution is -0.921. The molecule has 0 radical (unpaired) electrons. The Hall–Kier alpha value is -3.32. The molecule has 152 valence electrons. The Labute approximate surface area is 169 Å². The van der Waals surface area contributed by atoms with Crippen LogP contribution in [0.1, 0.15) is 35.7 Å².